The molecule has 1 aromatic carbocycles. The Balaban J connectivity index is 1.38. The lowest BCUT2D eigenvalue weighted by Gasteiger charge is -2.40. The number of aryl methyl sites for hydroxylation is 2. The van der Waals surface area contributed by atoms with Crippen LogP contribution in [0.25, 0.3) is 0 Å². The summed E-state index contributed by atoms with van der Waals surface area (Å²) >= 11 is 0. The van der Waals surface area contributed by atoms with Crippen molar-refractivity contribution in [2.24, 2.45) is 5.92 Å². The molecular weight excluding hydrogens is 444 g/mol. The van der Waals surface area contributed by atoms with E-state index >= 15 is 0 Å². The molecular formula is C27H32N4O4. The Kier molecular flexibility index (Phi) is 6.32. The second kappa shape index (κ2) is 9.41. The quantitative estimate of drug-likeness (QED) is 0.670. The first kappa shape index (κ1) is 23.5. The van der Waals surface area contributed by atoms with Gasteiger partial charge in [-0.15, -0.1) is 0 Å². The van der Waals surface area contributed by atoms with Crippen LogP contribution in [-0.4, -0.2) is 65.0 Å². The number of carbonyl (C=O) groups excluding carboxylic acids is 3. The lowest BCUT2D eigenvalue weighted by molar-refractivity contribution is -0.135. The highest BCUT2D eigenvalue weighted by atomic mass is 16.5. The number of carbonyl (C=O) groups is 3. The third kappa shape index (κ3) is 4.20. The van der Waals surface area contributed by atoms with Gasteiger partial charge in [-0.3, -0.25) is 19.5 Å². The Morgan fingerprint density at radius 3 is 2.60 bits per heavy atom. The maximum atomic E-state index is 13.9. The van der Waals surface area contributed by atoms with Gasteiger partial charge >= 0.3 is 6.03 Å². The summed E-state index contributed by atoms with van der Waals surface area (Å²) in [5.41, 5.74) is 2.11. The van der Waals surface area contributed by atoms with Crippen molar-refractivity contribution in [3.05, 3.63) is 65.0 Å². The van der Waals surface area contributed by atoms with Crippen molar-refractivity contribution < 1.29 is 19.1 Å². The van der Waals surface area contributed by atoms with Gasteiger partial charge in [0, 0.05) is 37.4 Å². The fraction of sp³-hybridized carbons (Fsp3) is 0.481. The molecule has 0 aliphatic carbocycles. The minimum Gasteiger partial charge on any atom is -0.376 e. The molecule has 3 saturated heterocycles. The lowest BCUT2D eigenvalue weighted by Crippen LogP contribution is -2.54. The second-order valence-corrected chi connectivity index (χ2v) is 9.89. The van der Waals surface area contributed by atoms with Gasteiger partial charge in [0.2, 0.25) is 0 Å². The van der Waals surface area contributed by atoms with Crippen molar-refractivity contribution in [3.63, 3.8) is 0 Å². The summed E-state index contributed by atoms with van der Waals surface area (Å²) in [6, 6.07) is 10.9. The van der Waals surface area contributed by atoms with Crippen LogP contribution >= 0.6 is 0 Å². The van der Waals surface area contributed by atoms with Gasteiger partial charge in [-0.25, -0.2) is 4.79 Å². The van der Waals surface area contributed by atoms with Crippen LogP contribution in [0.15, 0.2) is 42.6 Å². The summed E-state index contributed by atoms with van der Waals surface area (Å²) in [7, 11) is 0. The third-order valence-corrected chi connectivity index (χ3v) is 7.62. The van der Waals surface area contributed by atoms with Gasteiger partial charge in [0.15, 0.2) is 5.54 Å². The predicted molar refractivity (Wildman–Crippen MR) is 130 cm³/mol. The first-order chi connectivity index (χ1) is 16.9. The highest BCUT2D eigenvalue weighted by molar-refractivity contribution is 6.07. The Morgan fingerprint density at radius 2 is 1.94 bits per heavy atom. The SMILES string of the molecule is Cc1ccc(C(=O)N2CCC([C@@]3(c4ccccn4)NC(=O)N(C[C@@H]4CCCO4)C3=O)CC2)c(C)c1. The van der Waals surface area contributed by atoms with Crippen molar-refractivity contribution in [3.8, 4) is 0 Å². The Bertz CT molecular complexity index is 1120. The zero-order valence-corrected chi connectivity index (χ0v) is 20.3. The molecule has 3 aliphatic rings. The van der Waals surface area contributed by atoms with E-state index in [2.05, 4.69) is 10.3 Å². The molecule has 8 nitrogen and oxygen atoms in total. The van der Waals surface area contributed by atoms with Crippen molar-refractivity contribution in [2.45, 2.75) is 51.2 Å². The first-order valence-electron chi connectivity index (χ1n) is 12.4. The number of urea groups is 1. The highest BCUT2D eigenvalue weighted by Gasteiger charge is 2.58. The second-order valence-electron chi connectivity index (χ2n) is 9.89. The van der Waals surface area contributed by atoms with E-state index in [4.69, 9.17) is 4.74 Å². The van der Waals surface area contributed by atoms with Crippen LogP contribution in [-0.2, 0) is 15.1 Å². The van der Waals surface area contributed by atoms with Crippen molar-refractivity contribution in [1.29, 1.82) is 0 Å². The van der Waals surface area contributed by atoms with Crippen LogP contribution in [0.3, 0.4) is 0 Å². The average Bonchev–Trinajstić information content (AvgIpc) is 3.47. The molecule has 5 rings (SSSR count). The van der Waals surface area contributed by atoms with Crippen molar-refractivity contribution >= 4 is 17.8 Å². The Labute approximate surface area is 205 Å². The van der Waals surface area contributed by atoms with Gasteiger partial charge in [-0.1, -0.05) is 23.8 Å². The van der Waals surface area contributed by atoms with Crippen molar-refractivity contribution in [1.82, 2.24) is 20.1 Å². The highest BCUT2D eigenvalue weighted by Crippen LogP contribution is 2.41. The van der Waals surface area contributed by atoms with E-state index in [-0.39, 0.29) is 30.4 Å². The Hall–Kier alpha value is -3.26. The normalized spacial score (nSPS) is 25.3. The number of amides is 4. The minimum absolute atomic E-state index is 0.00892. The number of benzene rings is 1. The largest absolute Gasteiger partial charge is 0.376 e. The number of hydrogen-bond acceptors (Lipinski definition) is 5. The van der Waals surface area contributed by atoms with Gasteiger partial charge in [0.05, 0.1) is 18.3 Å². The molecule has 0 radical (unpaired) electrons. The smallest absolute Gasteiger partial charge is 0.325 e. The van der Waals surface area contributed by atoms with Gasteiger partial charge in [-0.05, 0) is 63.3 Å². The molecule has 8 heteroatoms. The van der Waals surface area contributed by atoms with Crippen LogP contribution in [0.4, 0.5) is 4.79 Å². The number of ether oxygens (including phenoxy) is 1. The number of nitrogens with zero attached hydrogens (tertiary/aromatic N) is 3. The molecule has 0 unspecified atom stereocenters. The molecule has 1 N–H and O–H groups in total. The zero-order valence-electron chi connectivity index (χ0n) is 20.3. The van der Waals surface area contributed by atoms with Crippen LogP contribution in [0.5, 0.6) is 0 Å². The summed E-state index contributed by atoms with van der Waals surface area (Å²) in [4.78, 5) is 47.9. The maximum Gasteiger partial charge on any atom is 0.325 e. The van der Waals surface area contributed by atoms with E-state index in [9.17, 15) is 14.4 Å². The number of rotatable bonds is 5. The molecule has 2 aromatic rings. The zero-order chi connectivity index (χ0) is 24.6. The topological polar surface area (TPSA) is 91.8 Å². The van der Waals surface area contributed by atoms with E-state index in [1.165, 1.54) is 4.90 Å². The van der Waals surface area contributed by atoms with Crippen LogP contribution in [0.1, 0.15) is 52.9 Å². The molecule has 3 fully saturated rings. The monoisotopic (exact) mass is 476 g/mol. The van der Waals surface area contributed by atoms with Gasteiger partial charge in [0.25, 0.3) is 11.8 Å². The van der Waals surface area contributed by atoms with Crippen LogP contribution in [0, 0.1) is 19.8 Å². The van der Waals surface area contributed by atoms with E-state index in [0.717, 1.165) is 24.0 Å². The molecule has 1 aromatic heterocycles. The summed E-state index contributed by atoms with van der Waals surface area (Å²) in [6.45, 7) is 5.91. The van der Waals surface area contributed by atoms with E-state index in [0.29, 0.717) is 43.8 Å². The summed E-state index contributed by atoms with van der Waals surface area (Å²) < 4.78 is 5.70. The lowest BCUT2D eigenvalue weighted by atomic mass is 9.75. The fourth-order valence-electron chi connectivity index (χ4n) is 5.75. The summed E-state index contributed by atoms with van der Waals surface area (Å²) in [5, 5.41) is 3.03. The van der Waals surface area contributed by atoms with E-state index in [1.807, 2.05) is 43.0 Å². The molecule has 2 atom stereocenters. The van der Waals surface area contributed by atoms with Crippen LogP contribution in [0.2, 0.25) is 0 Å². The van der Waals surface area contributed by atoms with Crippen molar-refractivity contribution in [2.75, 3.05) is 26.2 Å². The molecule has 4 heterocycles. The van der Waals surface area contributed by atoms with Gasteiger partial charge in [-0.2, -0.15) is 0 Å². The van der Waals surface area contributed by atoms with E-state index in [1.54, 1.807) is 18.3 Å². The fourth-order valence-corrected chi connectivity index (χ4v) is 5.75. The van der Waals surface area contributed by atoms with Crippen LogP contribution < -0.4 is 5.32 Å². The number of nitrogens with one attached hydrogen (secondary N) is 1. The summed E-state index contributed by atoms with van der Waals surface area (Å²) in [5.74, 6) is -0.433. The predicted octanol–water partition coefficient (Wildman–Crippen LogP) is 3.18. The maximum absolute atomic E-state index is 13.9. The first-order valence-corrected chi connectivity index (χ1v) is 12.4. The molecule has 4 amide bonds. The minimum atomic E-state index is -1.23. The molecule has 184 valence electrons. The Morgan fingerprint density at radius 1 is 1.14 bits per heavy atom. The number of piperidine rings is 1. The number of aromatic nitrogens is 1. The number of pyridine rings is 1. The molecule has 3 aliphatic heterocycles. The van der Waals surface area contributed by atoms with Gasteiger partial charge in [0.1, 0.15) is 0 Å². The third-order valence-electron chi connectivity index (χ3n) is 7.62. The molecule has 35 heavy (non-hydrogen) atoms. The molecule has 0 spiro atoms. The standard InChI is InChI=1S/C27H32N4O4/c1-18-8-9-22(19(2)16-18)24(32)30-13-10-20(11-14-30)27(23-7-3-4-12-28-23)25(33)31(26(34)29-27)17-21-6-5-15-35-21/h3-4,7-9,12,16,20-21H,5-6,10-11,13-15,17H2,1-2H3,(H,29,34)/t21-,27-/m0/s1. The molecule has 0 bridgehead atoms. The average molecular weight is 477 g/mol. The van der Waals surface area contributed by atoms with Gasteiger partial charge < -0.3 is 15.0 Å². The number of hydrogen-bond donors (Lipinski definition) is 1. The molecule has 0 saturated carbocycles. The number of imide groups is 1. The number of likely N-dealkylation sites (tertiary alicyclic amines) is 1. The van der Waals surface area contributed by atoms with E-state index < -0.39 is 11.6 Å². The summed E-state index contributed by atoms with van der Waals surface area (Å²) in [6.07, 6.45) is 4.48.